The van der Waals surface area contributed by atoms with Crippen LogP contribution in [0, 0.1) is 5.82 Å². The predicted molar refractivity (Wildman–Crippen MR) is 96.5 cm³/mol. The molecule has 9 heteroatoms. The number of hydrogen-bond donors (Lipinski definition) is 2. The maximum atomic E-state index is 12.9. The Kier molecular flexibility index (Phi) is 8.27. The fraction of sp³-hybridized carbons (Fsp3) is 0.562. The molecule has 6 nitrogen and oxygen atoms in total. The first-order valence-corrected chi connectivity index (χ1v) is 9.64. The summed E-state index contributed by atoms with van der Waals surface area (Å²) in [6.45, 7) is 2.93. The zero-order chi connectivity index (χ0) is 17.7. The molecular weight excluding hydrogens is 369 g/mol. The maximum Gasteiger partial charge on any atom is 0.240 e. The van der Waals surface area contributed by atoms with Crippen LogP contribution in [0.15, 0.2) is 29.2 Å². The molecule has 0 aliphatic carbocycles. The number of nitrogens with one attached hydrogen (secondary N) is 1. The van der Waals surface area contributed by atoms with Gasteiger partial charge in [-0.05, 0) is 43.5 Å². The molecule has 1 aliphatic heterocycles. The number of nitrogens with two attached hydrogens (primary N) is 1. The molecule has 1 atom stereocenters. The molecule has 1 aromatic rings. The molecular formula is C16H25ClFN3O3S. The molecule has 0 spiro atoms. The number of sulfonamides is 1. The van der Waals surface area contributed by atoms with E-state index in [1.54, 1.807) is 4.90 Å². The molecule has 1 heterocycles. The molecule has 1 fully saturated rings. The fourth-order valence-electron chi connectivity index (χ4n) is 2.79. The second kappa shape index (κ2) is 9.47. The van der Waals surface area contributed by atoms with Crippen molar-refractivity contribution in [3.05, 3.63) is 30.1 Å². The molecule has 1 saturated heterocycles. The predicted octanol–water partition coefficient (Wildman–Crippen LogP) is 1.64. The second-order valence-electron chi connectivity index (χ2n) is 6.07. The SMILES string of the molecule is CCCC(N)C(=O)N1CCC(NS(=O)(=O)c2ccc(F)cc2)CC1.Cl. The van der Waals surface area contributed by atoms with Crippen LogP contribution in [-0.4, -0.2) is 44.4 Å². The summed E-state index contributed by atoms with van der Waals surface area (Å²) in [6.07, 6.45) is 2.56. The number of benzene rings is 1. The van der Waals surface area contributed by atoms with Gasteiger partial charge in [-0.1, -0.05) is 13.3 Å². The molecule has 1 unspecified atom stereocenters. The van der Waals surface area contributed by atoms with E-state index in [1.807, 2.05) is 6.92 Å². The van der Waals surface area contributed by atoms with Gasteiger partial charge < -0.3 is 10.6 Å². The van der Waals surface area contributed by atoms with Gasteiger partial charge in [0.05, 0.1) is 10.9 Å². The van der Waals surface area contributed by atoms with Gasteiger partial charge in [0.2, 0.25) is 15.9 Å². The number of nitrogens with zero attached hydrogens (tertiary/aromatic N) is 1. The largest absolute Gasteiger partial charge is 0.341 e. The van der Waals surface area contributed by atoms with E-state index in [-0.39, 0.29) is 29.3 Å². The van der Waals surface area contributed by atoms with Gasteiger partial charge in [0.15, 0.2) is 0 Å². The van der Waals surface area contributed by atoms with E-state index in [2.05, 4.69) is 4.72 Å². The van der Waals surface area contributed by atoms with Gasteiger partial charge in [-0.15, -0.1) is 12.4 Å². The summed E-state index contributed by atoms with van der Waals surface area (Å²) >= 11 is 0. The zero-order valence-electron chi connectivity index (χ0n) is 14.2. The molecule has 0 saturated carbocycles. The third kappa shape index (κ3) is 5.91. The van der Waals surface area contributed by atoms with Crippen molar-refractivity contribution in [1.29, 1.82) is 0 Å². The number of carbonyl (C=O) groups is 1. The van der Waals surface area contributed by atoms with E-state index in [9.17, 15) is 17.6 Å². The quantitative estimate of drug-likeness (QED) is 0.768. The molecule has 1 aliphatic rings. The molecule has 3 N–H and O–H groups in total. The van der Waals surface area contributed by atoms with E-state index >= 15 is 0 Å². The van der Waals surface area contributed by atoms with Crippen LogP contribution in [0.3, 0.4) is 0 Å². The molecule has 0 bridgehead atoms. The lowest BCUT2D eigenvalue weighted by atomic mass is 10.0. The van der Waals surface area contributed by atoms with Crippen LogP contribution in [0.1, 0.15) is 32.6 Å². The number of hydrogen-bond acceptors (Lipinski definition) is 4. The smallest absolute Gasteiger partial charge is 0.240 e. The molecule has 142 valence electrons. The highest BCUT2D eigenvalue weighted by Crippen LogP contribution is 2.16. The monoisotopic (exact) mass is 393 g/mol. The van der Waals surface area contributed by atoms with Gasteiger partial charge in [-0.2, -0.15) is 0 Å². The summed E-state index contributed by atoms with van der Waals surface area (Å²) in [7, 11) is -3.68. The Morgan fingerprint density at radius 1 is 1.32 bits per heavy atom. The number of amides is 1. The normalized spacial score (nSPS) is 17.0. The van der Waals surface area contributed by atoms with Crippen LogP contribution < -0.4 is 10.5 Å². The summed E-state index contributed by atoms with van der Waals surface area (Å²) in [5.41, 5.74) is 5.85. The van der Waals surface area contributed by atoms with Crippen LogP contribution in [0.4, 0.5) is 4.39 Å². The first-order valence-electron chi connectivity index (χ1n) is 8.15. The number of likely N-dealkylation sites (tertiary alicyclic amines) is 1. The molecule has 2 rings (SSSR count). The van der Waals surface area contributed by atoms with Crippen molar-refractivity contribution in [1.82, 2.24) is 9.62 Å². The van der Waals surface area contributed by atoms with Crippen LogP contribution in [0.2, 0.25) is 0 Å². The lowest BCUT2D eigenvalue weighted by Gasteiger charge is -2.33. The number of piperidine rings is 1. The van der Waals surface area contributed by atoms with Crippen LogP contribution in [-0.2, 0) is 14.8 Å². The van der Waals surface area contributed by atoms with Gasteiger partial charge >= 0.3 is 0 Å². The average Bonchev–Trinajstić information content (AvgIpc) is 2.55. The summed E-state index contributed by atoms with van der Waals surface area (Å²) in [5.74, 6) is -0.555. The molecule has 25 heavy (non-hydrogen) atoms. The Balaban J connectivity index is 0.00000312. The van der Waals surface area contributed by atoms with Crippen molar-refractivity contribution in [2.45, 2.75) is 49.6 Å². The molecule has 0 radical (unpaired) electrons. The summed E-state index contributed by atoms with van der Waals surface area (Å²) in [6, 6.07) is 3.98. The highest BCUT2D eigenvalue weighted by Gasteiger charge is 2.28. The highest BCUT2D eigenvalue weighted by atomic mass is 35.5. The zero-order valence-corrected chi connectivity index (χ0v) is 15.8. The Hall–Kier alpha value is -1.22. The van der Waals surface area contributed by atoms with Crippen molar-refractivity contribution in [2.24, 2.45) is 5.73 Å². The number of halogens is 2. The highest BCUT2D eigenvalue weighted by molar-refractivity contribution is 7.89. The van der Waals surface area contributed by atoms with E-state index in [1.165, 1.54) is 12.1 Å². The maximum absolute atomic E-state index is 12.9. The van der Waals surface area contributed by atoms with Gasteiger partial charge in [0, 0.05) is 19.1 Å². The fourth-order valence-corrected chi connectivity index (χ4v) is 4.09. The van der Waals surface area contributed by atoms with Gasteiger partial charge in [0.1, 0.15) is 5.82 Å². The average molecular weight is 394 g/mol. The lowest BCUT2D eigenvalue weighted by molar-refractivity contribution is -0.133. The minimum Gasteiger partial charge on any atom is -0.341 e. The van der Waals surface area contributed by atoms with Gasteiger partial charge in [-0.25, -0.2) is 17.5 Å². The van der Waals surface area contributed by atoms with E-state index in [0.29, 0.717) is 32.4 Å². The van der Waals surface area contributed by atoms with Crippen molar-refractivity contribution in [2.75, 3.05) is 13.1 Å². The minimum atomic E-state index is -3.68. The number of carbonyl (C=O) groups excluding carboxylic acids is 1. The summed E-state index contributed by atoms with van der Waals surface area (Å²) < 4.78 is 40.1. The minimum absolute atomic E-state index is 0. The van der Waals surface area contributed by atoms with Gasteiger partial charge in [0.25, 0.3) is 0 Å². The van der Waals surface area contributed by atoms with Crippen molar-refractivity contribution >= 4 is 28.3 Å². The van der Waals surface area contributed by atoms with E-state index in [4.69, 9.17) is 5.73 Å². The van der Waals surface area contributed by atoms with Gasteiger partial charge in [-0.3, -0.25) is 4.79 Å². The number of rotatable bonds is 6. The van der Waals surface area contributed by atoms with E-state index < -0.39 is 21.9 Å². The Morgan fingerprint density at radius 2 is 1.88 bits per heavy atom. The first-order chi connectivity index (χ1) is 11.3. The molecule has 1 aromatic carbocycles. The molecule has 0 aromatic heterocycles. The van der Waals surface area contributed by atoms with E-state index in [0.717, 1.165) is 18.6 Å². The Morgan fingerprint density at radius 3 is 2.40 bits per heavy atom. The lowest BCUT2D eigenvalue weighted by Crippen LogP contribution is -2.50. The first kappa shape index (κ1) is 21.8. The molecule has 1 amide bonds. The topological polar surface area (TPSA) is 92.5 Å². The van der Waals surface area contributed by atoms with Crippen LogP contribution in [0.5, 0.6) is 0 Å². The van der Waals surface area contributed by atoms with Crippen molar-refractivity contribution in [3.8, 4) is 0 Å². The third-order valence-electron chi connectivity index (χ3n) is 4.17. The summed E-state index contributed by atoms with van der Waals surface area (Å²) in [4.78, 5) is 13.9. The van der Waals surface area contributed by atoms with Crippen molar-refractivity contribution < 1.29 is 17.6 Å². The summed E-state index contributed by atoms with van der Waals surface area (Å²) in [5, 5.41) is 0. The standard InChI is InChI=1S/C16H24FN3O3S.ClH/c1-2-3-15(18)16(21)20-10-8-13(9-11-20)19-24(22,23)14-6-4-12(17)5-7-14;/h4-7,13,15,19H,2-3,8-11,18H2,1H3;1H. The van der Waals surface area contributed by atoms with Crippen LogP contribution in [0.25, 0.3) is 0 Å². The van der Waals surface area contributed by atoms with Crippen LogP contribution >= 0.6 is 12.4 Å². The van der Waals surface area contributed by atoms with Crippen molar-refractivity contribution in [3.63, 3.8) is 0 Å². The third-order valence-corrected chi connectivity index (χ3v) is 5.71. The Labute approximate surface area is 154 Å². The Bertz CT molecular complexity index is 662. The second-order valence-corrected chi connectivity index (χ2v) is 7.78.